The largest absolute Gasteiger partial charge is 0.409 e. The summed E-state index contributed by atoms with van der Waals surface area (Å²) in [5.41, 5.74) is 6.25. The van der Waals surface area contributed by atoms with Crippen LogP contribution in [0.15, 0.2) is 23.5 Å². The van der Waals surface area contributed by atoms with Crippen molar-refractivity contribution in [3.05, 3.63) is 23.9 Å². The molecule has 0 aromatic carbocycles. The van der Waals surface area contributed by atoms with Crippen molar-refractivity contribution in [1.29, 1.82) is 0 Å². The molecule has 0 atom stereocenters. The van der Waals surface area contributed by atoms with E-state index in [0.717, 1.165) is 25.2 Å². The van der Waals surface area contributed by atoms with Crippen molar-refractivity contribution in [2.24, 2.45) is 10.9 Å². The van der Waals surface area contributed by atoms with E-state index in [-0.39, 0.29) is 5.84 Å². The first-order valence-corrected chi connectivity index (χ1v) is 5.34. The van der Waals surface area contributed by atoms with Gasteiger partial charge in [-0.15, -0.1) is 0 Å². The minimum Gasteiger partial charge on any atom is -0.409 e. The first-order chi connectivity index (χ1) is 7.70. The summed E-state index contributed by atoms with van der Waals surface area (Å²) in [4.78, 5) is 6.27. The number of pyridine rings is 1. The fourth-order valence-corrected chi connectivity index (χ4v) is 1.46. The minimum absolute atomic E-state index is 0.0893. The highest BCUT2D eigenvalue weighted by Crippen LogP contribution is 2.15. The Morgan fingerprint density at radius 3 is 3.00 bits per heavy atom. The Bertz CT molecular complexity index is 365. The molecule has 88 valence electrons. The molecule has 0 fully saturated rings. The van der Waals surface area contributed by atoms with E-state index in [9.17, 15) is 0 Å². The number of anilines is 1. The highest BCUT2D eigenvalue weighted by Gasteiger charge is 2.11. The summed E-state index contributed by atoms with van der Waals surface area (Å²) >= 11 is 0. The van der Waals surface area contributed by atoms with E-state index in [1.807, 2.05) is 11.9 Å². The summed E-state index contributed by atoms with van der Waals surface area (Å²) in [7, 11) is 1.95. The maximum absolute atomic E-state index is 8.69. The number of hydrogen-bond donors (Lipinski definition) is 2. The SMILES string of the molecule is CCCCN(C)c1ncccc1/C(N)=N/O. The molecule has 1 aromatic heterocycles. The first kappa shape index (κ1) is 12.3. The standard InChI is InChI=1S/C11H18N4O/c1-3-4-8-15(2)11-9(10(12)14-16)6-5-7-13-11/h5-7,16H,3-4,8H2,1-2H3,(H2,12,14). The van der Waals surface area contributed by atoms with Gasteiger partial charge in [-0.3, -0.25) is 0 Å². The number of nitrogens with two attached hydrogens (primary N) is 1. The molecule has 0 aliphatic carbocycles. The molecule has 0 spiro atoms. The number of oxime groups is 1. The molecule has 0 aliphatic rings. The van der Waals surface area contributed by atoms with E-state index in [4.69, 9.17) is 10.9 Å². The zero-order valence-electron chi connectivity index (χ0n) is 9.72. The van der Waals surface area contributed by atoms with E-state index >= 15 is 0 Å². The lowest BCUT2D eigenvalue weighted by Crippen LogP contribution is -2.24. The van der Waals surface area contributed by atoms with E-state index < -0.39 is 0 Å². The summed E-state index contributed by atoms with van der Waals surface area (Å²) in [5, 5.41) is 11.7. The Labute approximate surface area is 95.6 Å². The summed E-state index contributed by atoms with van der Waals surface area (Å²) < 4.78 is 0. The molecule has 0 saturated heterocycles. The maximum atomic E-state index is 8.69. The molecule has 5 heteroatoms. The molecule has 0 bridgehead atoms. The van der Waals surface area contributed by atoms with Crippen molar-refractivity contribution in [3.8, 4) is 0 Å². The Hall–Kier alpha value is -1.78. The van der Waals surface area contributed by atoms with Crippen LogP contribution in [0.2, 0.25) is 0 Å². The van der Waals surface area contributed by atoms with Crippen LogP contribution in [0.1, 0.15) is 25.3 Å². The van der Waals surface area contributed by atoms with Gasteiger partial charge in [-0.2, -0.15) is 0 Å². The molecule has 0 unspecified atom stereocenters. The predicted molar refractivity (Wildman–Crippen MR) is 64.9 cm³/mol. The van der Waals surface area contributed by atoms with Gasteiger partial charge >= 0.3 is 0 Å². The van der Waals surface area contributed by atoms with E-state index in [1.54, 1.807) is 18.3 Å². The van der Waals surface area contributed by atoms with E-state index in [1.165, 1.54) is 0 Å². The topological polar surface area (TPSA) is 74.7 Å². The number of amidine groups is 1. The van der Waals surface area contributed by atoms with Crippen LogP contribution in [0.25, 0.3) is 0 Å². The molecular formula is C11H18N4O. The number of unbranched alkanes of at least 4 members (excludes halogenated alkanes) is 1. The third-order valence-electron chi connectivity index (χ3n) is 2.38. The number of nitrogens with zero attached hydrogens (tertiary/aromatic N) is 3. The van der Waals surface area contributed by atoms with Gasteiger partial charge < -0.3 is 15.8 Å². The maximum Gasteiger partial charge on any atom is 0.173 e. The molecule has 0 radical (unpaired) electrons. The van der Waals surface area contributed by atoms with Crippen molar-refractivity contribution < 1.29 is 5.21 Å². The second-order valence-electron chi connectivity index (χ2n) is 3.63. The molecule has 1 rings (SSSR count). The molecule has 0 aliphatic heterocycles. The zero-order valence-corrected chi connectivity index (χ0v) is 9.72. The normalized spacial score (nSPS) is 11.5. The Morgan fingerprint density at radius 1 is 1.62 bits per heavy atom. The van der Waals surface area contributed by atoms with Gasteiger partial charge in [0, 0.05) is 19.8 Å². The second-order valence-corrected chi connectivity index (χ2v) is 3.63. The minimum atomic E-state index is 0.0893. The van der Waals surface area contributed by atoms with Crippen LogP contribution >= 0.6 is 0 Å². The van der Waals surface area contributed by atoms with Gasteiger partial charge in [0.25, 0.3) is 0 Å². The highest BCUT2D eigenvalue weighted by atomic mass is 16.4. The molecule has 5 nitrogen and oxygen atoms in total. The van der Waals surface area contributed by atoms with Crippen LogP contribution in [-0.4, -0.2) is 29.6 Å². The van der Waals surface area contributed by atoms with E-state index in [2.05, 4.69) is 17.1 Å². The third kappa shape index (κ3) is 2.85. The Kier molecular flexibility index (Phi) is 4.57. The lowest BCUT2D eigenvalue weighted by molar-refractivity contribution is 0.318. The van der Waals surface area contributed by atoms with Gasteiger partial charge in [-0.1, -0.05) is 18.5 Å². The zero-order chi connectivity index (χ0) is 12.0. The first-order valence-electron chi connectivity index (χ1n) is 5.34. The van der Waals surface area contributed by atoms with Crippen molar-refractivity contribution in [3.63, 3.8) is 0 Å². The average molecular weight is 222 g/mol. The third-order valence-corrected chi connectivity index (χ3v) is 2.38. The Morgan fingerprint density at radius 2 is 2.38 bits per heavy atom. The van der Waals surface area contributed by atoms with Crippen molar-refractivity contribution in [1.82, 2.24) is 4.98 Å². The summed E-state index contributed by atoms with van der Waals surface area (Å²) in [5.74, 6) is 0.831. The fourth-order valence-electron chi connectivity index (χ4n) is 1.46. The Balaban J connectivity index is 2.94. The van der Waals surface area contributed by atoms with Gasteiger partial charge in [-0.25, -0.2) is 4.98 Å². The molecule has 3 N–H and O–H groups in total. The number of hydrogen-bond acceptors (Lipinski definition) is 4. The van der Waals surface area contributed by atoms with Gasteiger partial charge in [0.05, 0.1) is 5.56 Å². The summed E-state index contributed by atoms with van der Waals surface area (Å²) in [6.07, 6.45) is 3.91. The molecule has 1 heterocycles. The van der Waals surface area contributed by atoms with Crippen LogP contribution in [0.4, 0.5) is 5.82 Å². The summed E-state index contributed by atoms with van der Waals surface area (Å²) in [6.45, 7) is 3.04. The fraction of sp³-hybridized carbons (Fsp3) is 0.455. The highest BCUT2D eigenvalue weighted by molar-refractivity contribution is 6.01. The summed E-state index contributed by atoms with van der Waals surface area (Å²) in [6, 6.07) is 3.56. The molecule has 1 aromatic rings. The van der Waals surface area contributed by atoms with Gasteiger partial charge in [-0.05, 0) is 18.6 Å². The molecule has 16 heavy (non-hydrogen) atoms. The number of rotatable bonds is 5. The van der Waals surface area contributed by atoms with Gasteiger partial charge in [0.1, 0.15) is 5.82 Å². The molecule has 0 saturated carbocycles. The van der Waals surface area contributed by atoms with Crippen LogP contribution in [-0.2, 0) is 0 Å². The average Bonchev–Trinajstić information content (AvgIpc) is 2.35. The monoisotopic (exact) mass is 222 g/mol. The second kappa shape index (κ2) is 5.95. The van der Waals surface area contributed by atoms with Crippen molar-refractivity contribution in [2.45, 2.75) is 19.8 Å². The van der Waals surface area contributed by atoms with Crippen LogP contribution in [0.3, 0.4) is 0 Å². The molecular weight excluding hydrogens is 204 g/mol. The van der Waals surface area contributed by atoms with Gasteiger partial charge in [0.15, 0.2) is 5.84 Å². The smallest absolute Gasteiger partial charge is 0.173 e. The van der Waals surface area contributed by atoms with Crippen LogP contribution in [0, 0.1) is 0 Å². The van der Waals surface area contributed by atoms with Crippen molar-refractivity contribution >= 4 is 11.7 Å². The van der Waals surface area contributed by atoms with Crippen LogP contribution in [0.5, 0.6) is 0 Å². The van der Waals surface area contributed by atoms with Crippen LogP contribution < -0.4 is 10.6 Å². The number of aromatic nitrogens is 1. The quantitative estimate of drug-likeness (QED) is 0.342. The lowest BCUT2D eigenvalue weighted by atomic mass is 10.2. The molecule has 0 amide bonds. The van der Waals surface area contributed by atoms with Crippen molar-refractivity contribution in [2.75, 3.05) is 18.5 Å². The van der Waals surface area contributed by atoms with E-state index in [0.29, 0.717) is 5.56 Å². The predicted octanol–water partition coefficient (Wildman–Crippen LogP) is 1.41. The van der Waals surface area contributed by atoms with Gasteiger partial charge in [0.2, 0.25) is 0 Å². The lowest BCUT2D eigenvalue weighted by Gasteiger charge is -2.20.